The van der Waals surface area contributed by atoms with Crippen LogP contribution in [0.1, 0.15) is 0 Å². The fourth-order valence-corrected chi connectivity index (χ4v) is 0.922. The first-order chi connectivity index (χ1) is 5.27. The Bertz CT molecular complexity index is 400. The molecular formula is C5H5BrClN5. The Morgan fingerprint density at radius 1 is 1.33 bits per heavy atom. The van der Waals surface area contributed by atoms with Gasteiger partial charge in [0.05, 0.1) is 0 Å². The monoisotopic (exact) mass is 249 g/mol. The van der Waals surface area contributed by atoms with Crippen LogP contribution < -0.4 is 5.73 Å². The van der Waals surface area contributed by atoms with Crippen molar-refractivity contribution in [3.63, 3.8) is 0 Å². The fourth-order valence-electron chi connectivity index (χ4n) is 0.783. The molecule has 0 aliphatic carbocycles. The topological polar surface area (TPSA) is 69.1 Å². The number of nitrogens with two attached hydrogens (primary N) is 1. The van der Waals surface area contributed by atoms with Crippen LogP contribution in [-0.2, 0) is 0 Å². The van der Waals surface area contributed by atoms with Gasteiger partial charge in [-0.3, -0.25) is 0 Å². The summed E-state index contributed by atoms with van der Waals surface area (Å²) in [7, 11) is 0. The van der Waals surface area contributed by atoms with E-state index < -0.39 is 0 Å². The van der Waals surface area contributed by atoms with Crippen LogP contribution in [0.4, 0.5) is 5.95 Å². The van der Waals surface area contributed by atoms with Crippen LogP contribution in [0.3, 0.4) is 0 Å². The lowest BCUT2D eigenvalue weighted by Gasteiger charge is -1.91. The van der Waals surface area contributed by atoms with Crippen molar-refractivity contribution in [1.82, 2.24) is 19.8 Å². The van der Waals surface area contributed by atoms with Gasteiger partial charge in [-0.25, -0.2) is 0 Å². The number of hydrogen-bond donors (Lipinski definition) is 1. The van der Waals surface area contributed by atoms with Crippen molar-refractivity contribution in [2.75, 3.05) is 5.73 Å². The molecule has 64 valence electrons. The molecule has 0 amide bonds. The van der Waals surface area contributed by atoms with Gasteiger partial charge in [0, 0.05) is 0 Å². The van der Waals surface area contributed by atoms with Crippen LogP contribution in [0, 0.1) is 0 Å². The third-order valence-corrected chi connectivity index (χ3v) is 1.46. The number of rotatable bonds is 0. The van der Waals surface area contributed by atoms with E-state index in [2.05, 4.69) is 15.3 Å². The standard InChI is InChI=1S/C5H4ClN5.BrH/c6-3-1-2-4-8-9-5(7)11(4)10-3;/h1-2H,(H2,7,9);1H. The number of aromatic nitrogens is 4. The molecule has 0 saturated heterocycles. The second-order valence-electron chi connectivity index (χ2n) is 1.98. The summed E-state index contributed by atoms with van der Waals surface area (Å²) < 4.78 is 1.38. The number of fused-ring (bicyclic) bond motifs is 1. The first kappa shape index (κ1) is 9.21. The van der Waals surface area contributed by atoms with Crippen molar-refractivity contribution in [2.45, 2.75) is 0 Å². The molecule has 7 heteroatoms. The van der Waals surface area contributed by atoms with Gasteiger partial charge in [0.1, 0.15) is 5.15 Å². The van der Waals surface area contributed by atoms with Gasteiger partial charge in [-0.1, -0.05) is 11.6 Å². The minimum absolute atomic E-state index is 0. The molecular weight excluding hydrogens is 245 g/mol. The van der Waals surface area contributed by atoms with Crippen molar-refractivity contribution in [1.29, 1.82) is 0 Å². The van der Waals surface area contributed by atoms with E-state index in [-0.39, 0.29) is 22.9 Å². The van der Waals surface area contributed by atoms with Gasteiger partial charge < -0.3 is 5.73 Å². The second kappa shape index (κ2) is 3.24. The van der Waals surface area contributed by atoms with E-state index in [0.717, 1.165) is 0 Å². The number of nitrogens with zero attached hydrogens (tertiary/aromatic N) is 4. The Morgan fingerprint density at radius 2 is 2.08 bits per heavy atom. The average Bonchev–Trinajstić information content (AvgIpc) is 2.33. The molecule has 0 radical (unpaired) electrons. The third-order valence-electron chi connectivity index (χ3n) is 1.25. The van der Waals surface area contributed by atoms with Crippen LogP contribution in [0.5, 0.6) is 0 Å². The van der Waals surface area contributed by atoms with Crippen molar-refractivity contribution >= 4 is 40.2 Å². The molecule has 2 heterocycles. The number of nitrogen functional groups attached to an aromatic ring is 1. The molecule has 2 rings (SSSR count). The van der Waals surface area contributed by atoms with Crippen LogP contribution >= 0.6 is 28.6 Å². The van der Waals surface area contributed by atoms with Crippen LogP contribution in [0.2, 0.25) is 5.15 Å². The van der Waals surface area contributed by atoms with E-state index in [4.69, 9.17) is 17.3 Å². The normalized spacial score (nSPS) is 9.75. The molecule has 0 aliphatic heterocycles. The van der Waals surface area contributed by atoms with Crippen molar-refractivity contribution < 1.29 is 0 Å². The molecule has 0 saturated carbocycles. The largest absolute Gasteiger partial charge is 0.366 e. The van der Waals surface area contributed by atoms with Gasteiger partial charge >= 0.3 is 0 Å². The highest BCUT2D eigenvalue weighted by atomic mass is 79.9. The summed E-state index contributed by atoms with van der Waals surface area (Å²) in [6, 6.07) is 3.32. The van der Waals surface area contributed by atoms with E-state index in [1.54, 1.807) is 12.1 Å². The Hall–Kier alpha value is -0.880. The van der Waals surface area contributed by atoms with Crippen molar-refractivity contribution in [3.05, 3.63) is 17.3 Å². The number of anilines is 1. The van der Waals surface area contributed by atoms with E-state index in [9.17, 15) is 0 Å². The van der Waals surface area contributed by atoms with Gasteiger partial charge in [-0.15, -0.1) is 27.2 Å². The van der Waals surface area contributed by atoms with Crippen molar-refractivity contribution in [3.8, 4) is 0 Å². The maximum absolute atomic E-state index is 5.60. The van der Waals surface area contributed by atoms with Crippen LogP contribution in [-0.4, -0.2) is 19.8 Å². The third kappa shape index (κ3) is 1.35. The predicted octanol–water partition coefficient (Wildman–Crippen LogP) is 0.938. The predicted molar refractivity (Wildman–Crippen MR) is 50.5 cm³/mol. The first-order valence-electron chi connectivity index (χ1n) is 2.91. The van der Waals surface area contributed by atoms with E-state index in [1.807, 2.05) is 0 Å². The Morgan fingerprint density at radius 3 is 2.83 bits per heavy atom. The molecule has 0 fully saturated rings. The van der Waals surface area contributed by atoms with E-state index in [0.29, 0.717) is 10.8 Å². The summed E-state index contributed by atoms with van der Waals surface area (Å²) in [6.07, 6.45) is 0. The molecule has 12 heavy (non-hydrogen) atoms. The SMILES string of the molecule is Br.Nc1nnc2ccc(Cl)nn12. The number of hydrogen-bond acceptors (Lipinski definition) is 4. The average molecular weight is 250 g/mol. The molecule has 0 spiro atoms. The Kier molecular flexibility index (Phi) is 2.49. The lowest BCUT2D eigenvalue weighted by Crippen LogP contribution is -1.97. The molecule has 5 nitrogen and oxygen atoms in total. The van der Waals surface area contributed by atoms with E-state index >= 15 is 0 Å². The molecule has 0 bridgehead atoms. The molecule has 2 N–H and O–H groups in total. The highest BCUT2D eigenvalue weighted by Crippen LogP contribution is 2.07. The summed E-state index contributed by atoms with van der Waals surface area (Å²) in [5.41, 5.74) is 6.00. The van der Waals surface area contributed by atoms with Gasteiger partial charge in [0.15, 0.2) is 5.65 Å². The second-order valence-corrected chi connectivity index (χ2v) is 2.37. The minimum Gasteiger partial charge on any atom is -0.366 e. The van der Waals surface area contributed by atoms with Crippen LogP contribution in [0.15, 0.2) is 12.1 Å². The molecule has 2 aromatic heterocycles. The summed E-state index contributed by atoms with van der Waals surface area (Å²) in [5, 5.41) is 11.6. The summed E-state index contributed by atoms with van der Waals surface area (Å²) in [4.78, 5) is 0. The summed E-state index contributed by atoms with van der Waals surface area (Å²) >= 11 is 5.60. The van der Waals surface area contributed by atoms with Crippen LogP contribution in [0.25, 0.3) is 5.65 Å². The molecule has 0 aliphatic rings. The van der Waals surface area contributed by atoms with Gasteiger partial charge in [0.25, 0.3) is 0 Å². The maximum Gasteiger partial charge on any atom is 0.243 e. The van der Waals surface area contributed by atoms with Gasteiger partial charge in [0.2, 0.25) is 5.95 Å². The number of halogens is 2. The molecule has 0 aromatic carbocycles. The zero-order chi connectivity index (χ0) is 7.84. The quantitative estimate of drug-likeness (QED) is 0.755. The molecule has 2 aromatic rings. The lowest BCUT2D eigenvalue weighted by atomic mass is 10.6. The Labute approximate surface area is 83.3 Å². The first-order valence-corrected chi connectivity index (χ1v) is 3.28. The summed E-state index contributed by atoms with van der Waals surface area (Å²) in [5.74, 6) is 0.238. The lowest BCUT2D eigenvalue weighted by molar-refractivity contribution is 0.940. The minimum atomic E-state index is 0. The zero-order valence-corrected chi connectivity index (χ0v) is 8.28. The van der Waals surface area contributed by atoms with Gasteiger partial charge in [-0.2, -0.15) is 9.61 Å². The van der Waals surface area contributed by atoms with Crippen molar-refractivity contribution in [2.24, 2.45) is 0 Å². The maximum atomic E-state index is 5.60. The fraction of sp³-hybridized carbons (Fsp3) is 0. The summed E-state index contributed by atoms with van der Waals surface area (Å²) in [6.45, 7) is 0. The van der Waals surface area contributed by atoms with E-state index in [1.165, 1.54) is 4.52 Å². The highest BCUT2D eigenvalue weighted by molar-refractivity contribution is 8.93. The van der Waals surface area contributed by atoms with Gasteiger partial charge in [-0.05, 0) is 12.1 Å². The molecule has 0 atom stereocenters. The Balaban J connectivity index is 0.000000720. The zero-order valence-electron chi connectivity index (χ0n) is 5.81. The smallest absolute Gasteiger partial charge is 0.243 e. The molecule has 0 unspecified atom stereocenters. The highest BCUT2D eigenvalue weighted by Gasteiger charge is 2.01.